The van der Waals surface area contributed by atoms with Gasteiger partial charge in [-0.2, -0.15) is 0 Å². The number of carbonyl (C=O) groups excluding carboxylic acids is 1. The van der Waals surface area contributed by atoms with E-state index in [0.29, 0.717) is 13.2 Å². The third-order valence-corrected chi connectivity index (χ3v) is 3.48. The second kappa shape index (κ2) is 9.00. The maximum absolute atomic E-state index is 12.1. The van der Waals surface area contributed by atoms with Gasteiger partial charge in [-0.05, 0) is 25.3 Å². The smallest absolute Gasteiger partial charge is 0.323 e. The number of esters is 1. The standard InChI is InChI=1S/C17H23N3O2/c1-2-22-17(21)16(9-8-14-6-4-3-5-7-14)19-11-10-15-12-18-13-20-15/h3-7,12-13,16,19H,2,8-11H2,1H3,(H,18,20). The largest absolute Gasteiger partial charge is 0.465 e. The van der Waals surface area contributed by atoms with Crippen LogP contribution in [0.1, 0.15) is 24.6 Å². The molecule has 0 spiro atoms. The highest BCUT2D eigenvalue weighted by Crippen LogP contribution is 2.06. The van der Waals surface area contributed by atoms with Gasteiger partial charge in [0.2, 0.25) is 0 Å². The van der Waals surface area contributed by atoms with E-state index in [1.54, 1.807) is 12.5 Å². The second-order valence-electron chi connectivity index (χ2n) is 5.11. The molecule has 0 amide bonds. The number of hydrogen-bond acceptors (Lipinski definition) is 4. The number of imidazole rings is 1. The summed E-state index contributed by atoms with van der Waals surface area (Å²) in [5.74, 6) is -0.178. The molecule has 2 rings (SSSR count). The molecule has 5 nitrogen and oxygen atoms in total. The van der Waals surface area contributed by atoms with Crippen molar-refractivity contribution in [3.63, 3.8) is 0 Å². The summed E-state index contributed by atoms with van der Waals surface area (Å²) in [6.07, 6.45) is 5.84. The lowest BCUT2D eigenvalue weighted by atomic mass is 10.1. The van der Waals surface area contributed by atoms with E-state index >= 15 is 0 Å². The molecule has 0 radical (unpaired) electrons. The number of carbonyl (C=O) groups is 1. The molecule has 1 aromatic heterocycles. The van der Waals surface area contributed by atoms with E-state index < -0.39 is 0 Å². The van der Waals surface area contributed by atoms with Gasteiger partial charge in [0.25, 0.3) is 0 Å². The van der Waals surface area contributed by atoms with Gasteiger partial charge in [0.1, 0.15) is 6.04 Å². The van der Waals surface area contributed by atoms with Gasteiger partial charge in [-0.1, -0.05) is 30.3 Å². The summed E-state index contributed by atoms with van der Waals surface area (Å²) in [7, 11) is 0. The molecule has 1 aromatic carbocycles. The van der Waals surface area contributed by atoms with Gasteiger partial charge >= 0.3 is 5.97 Å². The molecule has 1 heterocycles. The highest BCUT2D eigenvalue weighted by Gasteiger charge is 2.18. The Labute approximate surface area is 131 Å². The summed E-state index contributed by atoms with van der Waals surface area (Å²) in [6, 6.07) is 9.90. The number of H-pyrrole nitrogens is 1. The molecule has 0 aliphatic rings. The molecule has 1 unspecified atom stereocenters. The van der Waals surface area contributed by atoms with Crippen molar-refractivity contribution >= 4 is 5.97 Å². The van der Waals surface area contributed by atoms with Crippen LogP contribution < -0.4 is 5.32 Å². The Bertz CT molecular complexity index is 540. The number of aromatic amines is 1. The quantitative estimate of drug-likeness (QED) is 0.696. The number of nitrogens with zero attached hydrogens (tertiary/aromatic N) is 1. The van der Waals surface area contributed by atoms with Crippen LogP contribution in [0.25, 0.3) is 0 Å². The Morgan fingerprint density at radius 1 is 1.32 bits per heavy atom. The molecule has 0 aliphatic heterocycles. The van der Waals surface area contributed by atoms with Crippen molar-refractivity contribution in [2.24, 2.45) is 0 Å². The van der Waals surface area contributed by atoms with Gasteiger partial charge in [0.15, 0.2) is 0 Å². The molecule has 5 heteroatoms. The van der Waals surface area contributed by atoms with Crippen molar-refractivity contribution in [3.05, 3.63) is 54.1 Å². The van der Waals surface area contributed by atoms with Crippen molar-refractivity contribution in [2.75, 3.05) is 13.2 Å². The Kier molecular flexibility index (Phi) is 6.64. The van der Waals surface area contributed by atoms with Crippen molar-refractivity contribution in [1.29, 1.82) is 0 Å². The van der Waals surface area contributed by atoms with Crippen LogP contribution in [0.3, 0.4) is 0 Å². The third-order valence-electron chi connectivity index (χ3n) is 3.48. The van der Waals surface area contributed by atoms with Gasteiger partial charge in [-0.15, -0.1) is 0 Å². The summed E-state index contributed by atoms with van der Waals surface area (Å²) in [4.78, 5) is 19.1. The normalized spacial score (nSPS) is 12.0. The van der Waals surface area contributed by atoms with E-state index in [1.807, 2.05) is 25.1 Å². The van der Waals surface area contributed by atoms with Crippen LogP contribution in [-0.2, 0) is 22.4 Å². The topological polar surface area (TPSA) is 67.0 Å². The number of ether oxygens (including phenoxy) is 1. The van der Waals surface area contributed by atoms with Crippen molar-refractivity contribution in [2.45, 2.75) is 32.2 Å². The summed E-state index contributed by atoms with van der Waals surface area (Å²) in [5.41, 5.74) is 2.28. The lowest BCUT2D eigenvalue weighted by molar-refractivity contribution is -0.145. The number of rotatable bonds is 9. The van der Waals surface area contributed by atoms with E-state index in [2.05, 4.69) is 27.4 Å². The Balaban J connectivity index is 1.83. The maximum Gasteiger partial charge on any atom is 0.323 e. The monoisotopic (exact) mass is 301 g/mol. The van der Waals surface area contributed by atoms with Crippen LogP contribution in [0.2, 0.25) is 0 Å². The third kappa shape index (κ3) is 5.33. The zero-order chi connectivity index (χ0) is 15.6. The highest BCUT2D eigenvalue weighted by molar-refractivity contribution is 5.75. The van der Waals surface area contributed by atoms with Crippen molar-refractivity contribution in [1.82, 2.24) is 15.3 Å². The molecule has 0 saturated heterocycles. The molecule has 1 atom stereocenters. The molecule has 0 saturated carbocycles. The predicted octanol–water partition coefficient (Wildman–Crippen LogP) is 2.11. The molecule has 118 valence electrons. The van der Waals surface area contributed by atoms with E-state index in [1.165, 1.54) is 5.56 Å². The van der Waals surface area contributed by atoms with Crippen molar-refractivity contribution in [3.8, 4) is 0 Å². The van der Waals surface area contributed by atoms with E-state index in [4.69, 9.17) is 4.74 Å². The van der Waals surface area contributed by atoms with Gasteiger partial charge in [0.05, 0.1) is 12.9 Å². The average molecular weight is 301 g/mol. The first-order chi connectivity index (χ1) is 10.8. The van der Waals surface area contributed by atoms with Gasteiger partial charge in [-0.25, -0.2) is 4.98 Å². The van der Waals surface area contributed by atoms with Crippen LogP contribution in [0.4, 0.5) is 0 Å². The van der Waals surface area contributed by atoms with Gasteiger partial charge in [-0.3, -0.25) is 4.79 Å². The molecule has 0 aliphatic carbocycles. The van der Waals surface area contributed by atoms with Crippen LogP contribution in [0.15, 0.2) is 42.9 Å². The Morgan fingerprint density at radius 3 is 2.82 bits per heavy atom. The second-order valence-corrected chi connectivity index (χ2v) is 5.11. The first-order valence-electron chi connectivity index (χ1n) is 7.70. The van der Waals surface area contributed by atoms with Gasteiger partial charge in [0, 0.05) is 24.9 Å². The SMILES string of the molecule is CCOC(=O)C(CCc1ccccc1)NCCc1cnc[nH]1. The lowest BCUT2D eigenvalue weighted by Gasteiger charge is -2.17. The summed E-state index contributed by atoms with van der Waals surface area (Å²) < 4.78 is 5.16. The zero-order valence-corrected chi connectivity index (χ0v) is 12.9. The van der Waals surface area contributed by atoms with E-state index in [0.717, 1.165) is 25.0 Å². The van der Waals surface area contributed by atoms with Crippen molar-refractivity contribution < 1.29 is 9.53 Å². The number of benzene rings is 1. The fourth-order valence-electron chi connectivity index (χ4n) is 2.30. The molecule has 2 N–H and O–H groups in total. The minimum absolute atomic E-state index is 0.178. The first-order valence-corrected chi connectivity index (χ1v) is 7.70. The first kappa shape index (κ1) is 16.2. The van der Waals surface area contributed by atoms with E-state index in [9.17, 15) is 4.79 Å². The number of nitrogens with one attached hydrogen (secondary N) is 2. The van der Waals surface area contributed by atoms with Gasteiger partial charge < -0.3 is 15.0 Å². The fraction of sp³-hybridized carbons (Fsp3) is 0.412. The predicted molar refractivity (Wildman–Crippen MR) is 85.5 cm³/mol. The fourth-order valence-corrected chi connectivity index (χ4v) is 2.30. The molecule has 22 heavy (non-hydrogen) atoms. The number of aryl methyl sites for hydroxylation is 1. The lowest BCUT2D eigenvalue weighted by Crippen LogP contribution is -2.39. The minimum atomic E-state index is -0.275. The maximum atomic E-state index is 12.1. The Morgan fingerprint density at radius 2 is 2.14 bits per heavy atom. The molecule has 0 bridgehead atoms. The van der Waals surface area contributed by atoms with Crippen LogP contribution in [-0.4, -0.2) is 35.1 Å². The molecular formula is C17H23N3O2. The summed E-state index contributed by atoms with van der Waals surface area (Å²) in [5, 5.41) is 3.29. The Hall–Kier alpha value is -2.14. The number of hydrogen-bond donors (Lipinski definition) is 2. The van der Waals surface area contributed by atoms with Crippen LogP contribution in [0, 0.1) is 0 Å². The number of aromatic nitrogens is 2. The molecule has 0 fully saturated rings. The van der Waals surface area contributed by atoms with Crippen LogP contribution in [0.5, 0.6) is 0 Å². The average Bonchev–Trinajstić information content (AvgIpc) is 3.05. The highest BCUT2D eigenvalue weighted by atomic mass is 16.5. The summed E-state index contributed by atoms with van der Waals surface area (Å²) >= 11 is 0. The minimum Gasteiger partial charge on any atom is -0.465 e. The zero-order valence-electron chi connectivity index (χ0n) is 12.9. The molecular weight excluding hydrogens is 278 g/mol. The van der Waals surface area contributed by atoms with Crippen LogP contribution >= 0.6 is 0 Å². The van der Waals surface area contributed by atoms with E-state index in [-0.39, 0.29) is 12.0 Å². The summed E-state index contributed by atoms with van der Waals surface area (Å²) in [6.45, 7) is 2.94. The molecule has 2 aromatic rings.